The average molecular weight is 401 g/mol. The van der Waals surface area contributed by atoms with Crippen LogP contribution in [0.1, 0.15) is 47.0 Å². The molecule has 2 aliphatic rings. The number of hydrogen-bond donors (Lipinski definition) is 2. The molecule has 1 heterocycles. The normalized spacial score (nSPS) is 24.8. The topological polar surface area (TPSA) is 84.5 Å². The van der Waals surface area contributed by atoms with E-state index in [4.69, 9.17) is 4.74 Å². The van der Waals surface area contributed by atoms with Gasteiger partial charge in [0.15, 0.2) is 0 Å². The number of nitrogens with one attached hydrogen (secondary N) is 2. The van der Waals surface area contributed by atoms with E-state index in [0.29, 0.717) is 12.8 Å². The number of alkyl carbamates (subject to hydrolysis) is 1. The van der Waals surface area contributed by atoms with Gasteiger partial charge in [0.25, 0.3) is 0 Å². The van der Waals surface area contributed by atoms with Crippen LogP contribution in [0.2, 0.25) is 0 Å². The Kier molecular flexibility index (Phi) is 7.46. The van der Waals surface area contributed by atoms with Gasteiger partial charge < -0.3 is 20.2 Å². The number of ether oxygens (including phenoxy) is 1. The SMILES string of the molecule is CC(=O)NC(C=O)[C@H]1CC(=C2SCCCS2)C[C@H]1NC(=O)OC(C)(C)C. The van der Waals surface area contributed by atoms with Crippen LogP contribution in [-0.4, -0.2) is 47.5 Å². The highest BCUT2D eigenvalue weighted by Crippen LogP contribution is 2.44. The number of hydrogen-bond acceptors (Lipinski definition) is 6. The number of carbonyl (C=O) groups is 3. The molecule has 0 aromatic carbocycles. The highest BCUT2D eigenvalue weighted by atomic mass is 32.2. The zero-order chi connectivity index (χ0) is 19.3. The second kappa shape index (κ2) is 9.17. The molecule has 1 saturated carbocycles. The second-order valence-electron chi connectivity index (χ2n) is 7.63. The lowest BCUT2D eigenvalue weighted by Crippen LogP contribution is -2.49. The smallest absolute Gasteiger partial charge is 0.407 e. The van der Waals surface area contributed by atoms with Crippen molar-refractivity contribution in [2.45, 2.75) is 64.6 Å². The lowest BCUT2D eigenvalue weighted by atomic mass is 9.95. The van der Waals surface area contributed by atoms with Gasteiger partial charge in [-0.25, -0.2) is 4.79 Å². The molecule has 2 rings (SSSR count). The maximum atomic E-state index is 12.2. The van der Waals surface area contributed by atoms with Gasteiger partial charge in [-0.1, -0.05) is 0 Å². The van der Waals surface area contributed by atoms with Crippen LogP contribution >= 0.6 is 23.5 Å². The molecule has 0 radical (unpaired) electrons. The van der Waals surface area contributed by atoms with Crippen molar-refractivity contribution in [1.82, 2.24) is 10.6 Å². The molecule has 3 atom stereocenters. The molecular formula is C18H28N2O4S2. The Hall–Kier alpha value is -1.15. The highest BCUT2D eigenvalue weighted by molar-refractivity contribution is 8.22. The summed E-state index contributed by atoms with van der Waals surface area (Å²) in [5.74, 6) is 1.78. The number of amides is 2. The summed E-state index contributed by atoms with van der Waals surface area (Å²) in [4.78, 5) is 35.3. The van der Waals surface area contributed by atoms with Gasteiger partial charge >= 0.3 is 6.09 Å². The van der Waals surface area contributed by atoms with Crippen molar-refractivity contribution in [1.29, 1.82) is 0 Å². The van der Waals surface area contributed by atoms with Crippen LogP contribution in [0.15, 0.2) is 9.81 Å². The molecular weight excluding hydrogens is 372 g/mol. The zero-order valence-electron chi connectivity index (χ0n) is 15.8. The maximum absolute atomic E-state index is 12.2. The molecule has 1 unspecified atom stereocenters. The van der Waals surface area contributed by atoms with Crippen molar-refractivity contribution in [3.63, 3.8) is 0 Å². The van der Waals surface area contributed by atoms with Gasteiger partial charge in [-0.2, -0.15) is 0 Å². The van der Waals surface area contributed by atoms with E-state index in [1.807, 2.05) is 44.3 Å². The van der Waals surface area contributed by atoms with Crippen molar-refractivity contribution in [2.75, 3.05) is 11.5 Å². The summed E-state index contributed by atoms with van der Waals surface area (Å²) in [5.41, 5.74) is 0.680. The first-order chi connectivity index (χ1) is 12.2. The Balaban J connectivity index is 2.17. The third kappa shape index (κ3) is 6.23. The van der Waals surface area contributed by atoms with E-state index in [1.165, 1.54) is 23.2 Å². The van der Waals surface area contributed by atoms with E-state index in [2.05, 4.69) is 10.6 Å². The zero-order valence-corrected chi connectivity index (χ0v) is 17.4. The molecule has 1 aliphatic heterocycles. The summed E-state index contributed by atoms with van der Waals surface area (Å²) in [7, 11) is 0. The molecule has 1 aliphatic carbocycles. The lowest BCUT2D eigenvalue weighted by Gasteiger charge is -2.27. The summed E-state index contributed by atoms with van der Waals surface area (Å²) in [6, 6.07) is -0.860. The van der Waals surface area contributed by atoms with E-state index in [0.717, 1.165) is 17.8 Å². The number of carbonyl (C=O) groups excluding carboxylic acids is 3. The highest BCUT2D eigenvalue weighted by Gasteiger charge is 2.39. The summed E-state index contributed by atoms with van der Waals surface area (Å²) in [6.45, 7) is 6.83. The molecule has 6 nitrogen and oxygen atoms in total. The summed E-state index contributed by atoms with van der Waals surface area (Å²) in [6.07, 6.45) is 2.85. The standard InChI is InChI=1S/C18H28N2O4S2/c1-11(22)19-15(10-21)13-8-12(16-25-6-5-7-26-16)9-14(13)20-17(23)24-18(2,3)4/h10,13-15H,5-9H2,1-4H3,(H,19,22)(H,20,23)/t13-,14+,15?/m0/s1. The lowest BCUT2D eigenvalue weighted by molar-refractivity contribution is -0.123. The Bertz CT molecular complexity index is 578. The quantitative estimate of drug-likeness (QED) is 0.706. The first-order valence-corrected chi connectivity index (χ1v) is 10.9. The third-order valence-corrected chi connectivity index (χ3v) is 6.98. The van der Waals surface area contributed by atoms with Crippen LogP contribution in [0, 0.1) is 5.92 Å². The van der Waals surface area contributed by atoms with Crippen LogP contribution in [0.3, 0.4) is 0 Å². The van der Waals surface area contributed by atoms with Crippen LogP contribution in [-0.2, 0) is 14.3 Å². The Morgan fingerprint density at radius 1 is 1.23 bits per heavy atom. The van der Waals surface area contributed by atoms with Crippen LogP contribution in [0.5, 0.6) is 0 Å². The molecule has 8 heteroatoms. The number of thioether (sulfide) groups is 2. The van der Waals surface area contributed by atoms with Crippen molar-refractivity contribution < 1.29 is 19.1 Å². The predicted molar refractivity (Wildman–Crippen MR) is 106 cm³/mol. The molecule has 0 aromatic rings. The van der Waals surface area contributed by atoms with Crippen LogP contribution in [0.4, 0.5) is 4.79 Å². The minimum Gasteiger partial charge on any atom is -0.444 e. The summed E-state index contributed by atoms with van der Waals surface area (Å²) >= 11 is 3.70. The Labute approximate surface area is 163 Å². The van der Waals surface area contributed by atoms with Crippen LogP contribution in [0.25, 0.3) is 0 Å². The molecule has 2 fully saturated rings. The molecule has 0 spiro atoms. The van der Waals surface area contributed by atoms with Crippen molar-refractivity contribution in [3.8, 4) is 0 Å². The van der Waals surface area contributed by atoms with Gasteiger partial charge in [-0.05, 0) is 57.1 Å². The van der Waals surface area contributed by atoms with E-state index in [-0.39, 0.29) is 17.9 Å². The molecule has 2 N–H and O–H groups in total. The number of rotatable bonds is 4. The fourth-order valence-electron chi connectivity index (χ4n) is 3.20. The minimum atomic E-state index is -0.621. The third-order valence-electron chi connectivity index (χ3n) is 4.19. The van der Waals surface area contributed by atoms with E-state index in [9.17, 15) is 14.4 Å². The van der Waals surface area contributed by atoms with E-state index >= 15 is 0 Å². The van der Waals surface area contributed by atoms with Gasteiger partial charge in [-0.3, -0.25) is 4.79 Å². The van der Waals surface area contributed by atoms with Gasteiger partial charge in [0, 0.05) is 23.1 Å². The van der Waals surface area contributed by atoms with Crippen LogP contribution < -0.4 is 10.6 Å². The maximum Gasteiger partial charge on any atom is 0.407 e. The molecule has 0 bridgehead atoms. The van der Waals surface area contributed by atoms with Crippen molar-refractivity contribution in [3.05, 3.63) is 9.81 Å². The first-order valence-electron chi connectivity index (χ1n) is 8.89. The van der Waals surface area contributed by atoms with E-state index in [1.54, 1.807) is 0 Å². The predicted octanol–water partition coefficient (Wildman–Crippen LogP) is 3.08. The van der Waals surface area contributed by atoms with Gasteiger partial charge in [0.1, 0.15) is 11.9 Å². The molecule has 2 amide bonds. The molecule has 26 heavy (non-hydrogen) atoms. The largest absolute Gasteiger partial charge is 0.444 e. The number of aldehydes is 1. The van der Waals surface area contributed by atoms with Gasteiger partial charge in [0.05, 0.1) is 6.04 Å². The van der Waals surface area contributed by atoms with Crippen molar-refractivity contribution >= 4 is 41.8 Å². The summed E-state index contributed by atoms with van der Waals surface area (Å²) in [5, 5.41) is 5.63. The van der Waals surface area contributed by atoms with Crippen molar-refractivity contribution in [2.24, 2.45) is 5.92 Å². The van der Waals surface area contributed by atoms with E-state index < -0.39 is 17.7 Å². The summed E-state index contributed by atoms with van der Waals surface area (Å²) < 4.78 is 6.68. The Morgan fingerprint density at radius 2 is 1.88 bits per heavy atom. The monoisotopic (exact) mass is 400 g/mol. The molecule has 0 aromatic heterocycles. The van der Waals surface area contributed by atoms with Gasteiger partial charge in [-0.15, -0.1) is 23.5 Å². The fraction of sp³-hybridized carbons (Fsp3) is 0.722. The minimum absolute atomic E-state index is 0.172. The average Bonchev–Trinajstić information content (AvgIpc) is 2.95. The Morgan fingerprint density at radius 3 is 2.42 bits per heavy atom. The molecule has 1 saturated heterocycles. The first kappa shape index (κ1) is 21.2. The molecule has 146 valence electrons. The van der Waals surface area contributed by atoms with Gasteiger partial charge in [0.2, 0.25) is 5.91 Å². The fourth-order valence-corrected chi connectivity index (χ4v) is 5.90. The second-order valence-corrected chi connectivity index (χ2v) is 10.1.